The van der Waals surface area contributed by atoms with Crippen LogP contribution in [0.4, 0.5) is 17.6 Å². The summed E-state index contributed by atoms with van der Waals surface area (Å²) in [7, 11) is 0. The standard InChI is InChI=1S/C21H24F4N2O6/c1-20(2)9-14(28)17(18(31)26-10-16(29)30)19(32)27(20)11-12-4-5-15(13(22)8-12)33-7-3-6-21(23,24)25/h4-5,8,17H,3,6-7,9-11H2,1-2H3,(H,26,31)(H,29,30). The highest BCUT2D eigenvalue weighted by atomic mass is 19.4. The molecule has 0 saturated carbocycles. The number of nitrogens with zero attached hydrogens (tertiary/aromatic N) is 1. The first kappa shape index (κ1) is 26.1. The second kappa shape index (κ2) is 10.2. The van der Waals surface area contributed by atoms with E-state index >= 15 is 0 Å². The number of hydrogen-bond acceptors (Lipinski definition) is 5. The van der Waals surface area contributed by atoms with E-state index in [1.165, 1.54) is 17.0 Å². The van der Waals surface area contributed by atoms with Crippen molar-refractivity contribution in [2.45, 2.75) is 51.4 Å². The fourth-order valence-corrected chi connectivity index (χ4v) is 3.43. The molecular formula is C21H24F4N2O6. The normalized spacial score (nSPS) is 18.2. The topological polar surface area (TPSA) is 113 Å². The van der Waals surface area contributed by atoms with Gasteiger partial charge >= 0.3 is 12.1 Å². The summed E-state index contributed by atoms with van der Waals surface area (Å²) in [5, 5.41) is 10.7. The highest BCUT2D eigenvalue weighted by molar-refractivity contribution is 6.20. The number of halogens is 4. The number of carboxylic acids is 1. The maximum absolute atomic E-state index is 14.4. The molecule has 1 atom stereocenters. The summed E-state index contributed by atoms with van der Waals surface area (Å²) >= 11 is 0. The number of alkyl halides is 3. The molecule has 33 heavy (non-hydrogen) atoms. The van der Waals surface area contributed by atoms with Gasteiger partial charge in [-0.2, -0.15) is 13.2 Å². The van der Waals surface area contributed by atoms with Crippen LogP contribution in [0.25, 0.3) is 0 Å². The Morgan fingerprint density at radius 2 is 1.94 bits per heavy atom. The molecule has 1 saturated heterocycles. The molecule has 1 aliphatic heterocycles. The van der Waals surface area contributed by atoms with Crippen molar-refractivity contribution >= 4 is 23.6 Å². The van der Waals surface area contributed by atoms with Crippen LogP contribution in [0.15, 0.2) is 18.2 Å². The highest BCUT2D eigenvalue weighted by Crippen LogP contribution is 2.32. The third-order valence-electron chi connectivity index (χ3n) is 5.05. The molecule has 0 spiro atoms. The minimum atomic E-state index is -4.33. The number of benzene rings is 1. The Balaban J connectivity index is 2.11. The summed E-state index contributed by atoms with van der Waals surface area (Å²) in [6.45, 7) is 1.95. The number of ether oxygens (including phenoxy) is 1. The quantitative estimate of drug-likeness (QED) is 0.322. The number of piperidine rings is 1. The van der Waals surface area contributed by atoms with Crippen molar-refractivity contribution < 1.29 is 46.6 Å². The maximum Gasteiger partial charge on any atom is 0.389 e. The summed E-state index contributed by atoms with van der Waals surface area (Å²) in [4.78, 5) is 49.4. The summed E-state index contributed by atoms with van der Waals surface area (Å²) < 4.78 is 56.0. The molecule has 182 valence electrons. The number of carbonyl (C=O) groups is 4. The number of ketones is 1. The Morgan fingerprint density at radius 1 is 1.27 bits per heavy atom. The molecule has 1 aliphatic rings. The number of carbonyl (C=O) groups excluding carboxylic acids is 3. The first-order valence-corrected chi connectivity index (χ1v) is 10.0. The van der Waals surface area contributed by atoms with Crippen LogP contribution in [-0.4, -0.2) is 58.4 Å². The van der Waals surface area contributed by atoms with E-state index in [0.29, 0.717) is 5.56 Å². The van der Waals surface area contributed by atoms with Crippen molar-refractivity contribution in [3.05, 3.63) is 29.6 Å². The van der Waals surface area contributed by atoms with Gasteiger partial charge in [-0.1, -0.05) is 6.07 Å². The molecule has 1 aromatic rings. The SMILES string of the molecule is CC1(C)CC(=O)C(C(=O)NCC(=O)O)C(=O)N1Cc1ccc(OCCCC(F)(F)F)c(F)c1. The lowest BCUT2D eigenvalue weighted by molar-refractivity contribution is -0.158. The lowest BCUT2D eigenvalue weighted by Crippen LogP contribution is -2.60. The number of Topliss-reactive ketones (excluding diaryl/α,β-unsaturated/α-hetero) is 1. The van der Waals surface area contributed by atoms with E-state index in [0.717, 1.165) is 6.07 Å². The molecule has 2 rings (SSSR count). The van der Waals surface area contributed by atoms with Crippen molar-refractivity contribution in [3.8, 4) is 5.75 Å². The van der Waals surface area contributed by atoms with Crippen molar-refractivity contribution in [3.63, 3.8) is 0 Å². The zero-order valence-electron chi connectivity index (χ0n) is 18.0. The predicted octanol–water partition coefficient (Wildman–Crippen LogP) is 2.44. The summed E-state index contributed by atoms with van der Waals surface area (Å²) in [5.74, 6) is -6.66. The highest BCUT2D eigenvalue weighted by Gasteiger charge is 2.48. The van der Waals surface area contributed by atoms with Gasteiger partial charge in [-0.25, -0.2) is 4.39 Å². The van der Waals surface area contributed by atoms with E-state index in [2.05, 4.69) is 0 Å². The lowest BCUT2D eigenvalue weighted by Gasteiger charge is -2.44. The van der Waals surface area contributed by atoms with Gasteiger partial charge in [0.2, 0.25) is 11.8 Å². The van der Waals surface area contributed by atoms with Gasteiger partial charge in [0.1, 0.15) is 6.54 Å². The number of carboxylic acid groups (broad SMARTS) is 1. The molecule has 1 heterocycles. The Morgan fingerprint density at radius 3 is 2.52 bits per heavy atom. The first-order valence-electron chi connectivity index (χ1n) is 10.0. The maximum atomic E-state index is 14.4. The molecule has 1 fully saturated rings. The molecule has 2 amide bonds. The molecule has 1 unspecified atom stereocenters. The van der Waals surface area contributed by atoms with Gasteiger partial charge in [-0.15, -0.1) is 0 Å². The van der Waals surface area contributed by atoms with Gasteiger partial charge in [0.25, 0.3) is 0 Å². The number of likely N-dealkylation sites (tertiary alicyclic amines) is 1. The second-order valence-corrected chi connectivity index (χ2v) is 8.26. The van der Waals surface area contributed by atoms with Crippen molar-refractivity contribution in [1.82, 2.24) is 10.2 Å². The molecule has 0 bridgehead atoms. The van der Waals surface area contributed by atoms with Crippen LogP contribution in [-0.2, 0) is 25.7 Å². The molecule has 0 aromatic heterocycles. The van der Waals surface area contributed by atoms with E-state index < -0.39 is 60.0 Å². The lowest BCUT2D eigenvalue weighted by atomic mass is 9.82. The van der Waals surface area contributed by atoms with E-state index in [4.69, 9.17) is 9.84 Å². The number of rotatable bonds is 9. The van der Waals surface area contributed by atoms with Crippen LogP contribution < -0.4 is 10.1 Å². The Kier molecular flexibility index (Phi) is 8.04. The van der Waals surface area contributed by atoms with Gasteiger partial charge in [0.05, 0.1) is 6.61 Å². The number of hydrogen-bond donors (Lipinski definition) is 2. The Bertz CT molecular complexity index is 932. The van der Waals surface area contributed by atoms with Crippen molar-refractivity contribution in [2.24, 2.45) is 5.92 Å². The summed E-state index contributed by atoms with van der Waals surface area (Å²) in [6, 6.07) is 3.70. The molecule has 1 aromatic carbocycles. The third-order valence-corrected chi connectivity index (χ3v) is 5.05. The average molecular weight is 476 g/mol. The third kappa shape index (κ3) is 7.16. The van der Waals surface area contributed by atoms with E-state index in [1.807, 2.05) is 5.32 Å². The van der Waals surface area contributed by atoms with Crippen molar-refractivity contribution in [2.75, 3.05) is 13.2 Å². The number of amides is 2. The molecule has 0 aliphatic carbocycles. The van der Waals surface area contributed by atoms with E-state index in [-0.39, 0.29) is 31.7 Å². The summed E-state index contributed by atoms with van der Waals surface area (Å²) in [5.41, 5.74) is -0.698. The van der Waals surface area contributed by atoms with Crippen molar-refractivity contribution in [1.29, 1.82) is 0 Å². The molecule has 2 N–H and O–H groups in total. The van der Waals surface area contributed by atoms with Gasteiger partial charge in [0.15, 0.2) is 23.3 Å². The average Bonchev–Trinajstić information content (AvgIpc) is 2.66. The van der Waals surface area contributed by atoms with Crippen LogP contribution in [0.1, 0.15) is 38.7 Å². The molecular weight excluding hydrogens is 452 g/mol. The van der Waals surface area contributed by atoms with E-state index in [1.54, 1.807) is 13.8 Å². The summed E-state index contributed by atoms with van der Waals surface area (Å²) in [6.07, 6.45) is -5.89. The van der Waals surface area contributed by atoms with Gasteiger partial charge < -0.3 is 20.1 Å². The zero-order valence-corrected chi connectivity index (χ0v) is 18.0. The smallest absolute Gasteiger partial charge is 0.389 e. The first-order chi connectivity index (χ1) is 15.2. The molecule has 0 radical (unpaired) electrons. The Labute approximate surface area is 186 Å². The zero-order chi connectivity index (χ0) is 25.0. The monoisotopic (exact) mass is 476 g/mol. The van der Waals surface area contributed by atoms with Gasteiger partial charge in [-0.3, -0.25) is 19.2 Å². The van der Waals surface area contributed by atoms with Gasteiger partial charge in [0, 0.05) is 24.9 Å². The fraction of sp³-hybridized carbons (Fsp3) is 0.524. The van der Waals surface area contributed by atoms with Crippen LogP contribution >= 0.6 is 0 Å². The Hall–Kier alpha value is -3.18. The minimum Gasteiger partial charge on any atom is -0.491 e. The number of nitrogens with one attached hydrogen (secondary N) is 1. The van der Waals surface area contributed by atoms with E-state index in [9.17, 15) is 36.7 Å². The van der Waals surface area contributed by atoms with Crippen LogP contribution in [0.2, 0.25) is 0 Å². The van der Waals surface area contributed by atoms with Crippen LogP contribution in [0.5, 0.6) is 5.75 Å². The predicted molar refractivity (Wildman–Crippen MR) is 106 cm³/mol. The van der Waals surface area contributed by atoms with Crippen LogP contribution in [0.3, 0.4) is 0 Å². The fourth-order valence-electron chi connectivity index (χ4n) is 3.43. The van der Waals surface area contributed by atoms with Crippen LogP contribution in [0, 0.1) is 11.7 Å². The second-order valence-electron chi connectivity index (χ2n) is 8.26. The molecule has 8 nitrogen and oxygen atoms in total. The largest absolute Gasteiger partial charge is 0.491 e. The number of aliphatic carboxylic acids is 1. The minimum absolute atomic E-state index is 0.160. The van der Waals surface area contributed by atoms with Gasteiger partial charge in [-0.05, 0) is 38.0 Å². The molecule has 12 heteroatoms.